The van der Waals surface area contributed by atoms with E-state index in [0.29, 0.717) is 5.69 Å². The average molecular weight is 923 g/mol. The van der Waals surface area contributed by atoms with E-state index in [0.717, 1.165) is 22.5 Å². The lowest BCUT2D eigenvalue weighted by Gasteiger charge is -2.37. The van der Waals surface area contributed by atoms with E-state index < -0.39 is 69.9 Å². The van der Waals surface area contributed by atoms with Gasteiger partial charge in [0, 0.05) is 12.6 Å². The number of urea groups is 1. The Morgan fingerprint density at radius 1 is 0.875 bits per heavy atom. The number of β-lactam (4-membered cyclic amide) rings is 1. The number of hydrogen-bond donors (Lipinski definition) is 5. The molecule has 64 heavy (non-hydrogen) atoms. The number of aromatic nitrogens is 2. The van der Waals surface area contributed by atoms with Crippen LogP contribution in [0.15, 0.2) is 82.9 Å². The summed E-state index contributed by atoms with van der Waals surface area (Å²) < 4.78 is 17.8. The number of nitrogens with one attached hydrogen (secondary N) is 5. The summed E-state index contributed by atoms with van der Waals surface area (Å²) in [7, 11) is 0. The van der Waals surface area contributed by atoms with E-state index >= 15 is 0 Å². The lowest BCUT2D eigenvalue weighted by molar-refractivity contribution is -0.179. The molecule has 0 radical (unpaired) electrons. The van der Waals surface area contributed by atoms with Gasteiger partial charge in [-0.3, -0.25) is 19.7 Å². The zero-order valence-electron chi connectivity index (χ0n) is 36.5. The summed E-state index contributed by atoms with van der Waals surface area (Å²) in [6.45, 7) is 12.8. The van der Waals surface area contributed by atoms with Crippen LogP contribution in [-0.2, 0) is 48.5 Å². The Hall–Kier alpha value is -6.67. The topological polar surface area (TPSA) is 239 Å². The molecule has 2 aromatic heterocycles. The van der Waals surface area contributed by atoms with E-state index in [1.165, 1.54) is 30.8 Å². The van der Waals surface area contributed by atoms with Crippen molar-refractivity contribution in [2.45, 2.75) is 104 Å². The van der Waals surface area contributed by atoms with Gasteiger partial charge in [-0.2, -0.15) is 4.73 Å². The van der Waals surface area contributed by atoms with E-state index in [4.69, 9.17) is 35.5 Å². The van der Waals surface area contributed by atoms with Gasteiger partial charge in [-0.25, -0.2) is 19.4 Å². The minimum absolute atomic E-state index is 0.0420. The highest BCUT2D eigenvalue weighted by atomic mass is 35.5. The molecule has 1 aliphatic rings. The number of carbonyl (C=O) groups excluding carboxylic acids is 5. The molecule has 2 aromatic carbocycles. The molecule has 5 N–H and O–H groups in total. The monoisotopic (exact) mass is 922 g/mol. The van der Waals surface area contributed by atoms with Crippen molar-refractivity contribution in [3.63, 3.8) is 0 Å². The number of benzene rings is 2. The van der Waals surface area contributed by atoms with Crippen molar-refractivity contribution in [2.24, 2.45) is 5.16 Å². The van der Waals surface area contributed by atoms with Gasteiger partial charge in [0.2, 0.25) is 16.9 Å². The second-order valence-electron chi connectivity index (χ2n) is 16.8. The third-order valence-corrected chi connectivity index (χ3v) is 9.78. The summed E-state index contributed by atoms with van der Waals surface area (Å²) in [6.07, 6.45) is 0.575. The van der Waals surface area contributed by atoms with Crippen LogP contribution in [0.2, 0.25) is 4.34 Å². The third-order valence-electron chi connectivity index (χ3n) is 8.61. The number of hydrogen-bond acceptors (Lipinski definition) is 14. The maximum atomic E-state index is 13.9. The number of ether oxygens (including phenoxy) is 3. The standard InChI is InChI=1S/C43H51ClN8O11S/c1-41(2,3)61-37(56)43(7,8)63-51-33(32-34(44)64-39(49-32)50-40(58)62-42(4,5)6)36(55)48-31-28(47-35(31)54)21-46-38(57)45-20-27-19-29(53)30(59-23-25-15-11-9-12-16-25)22-52(27)60-24-26-17-13-10-14-18-26/h9-19,22,28,31H,20-21,23-24H2,1-8H3,(H,47,54)(H,48,55)(H2,45,46,57)(H,49,50,58)/b51-33-/t28-,31+/m1/s1. The number of amides is 5. The van der Waals surface area contributed by atoms with Gasteiger partial charge in [-0.1, -0.05) is 88.8 Å². The molecule has 0 bridgehead atoms. The number of oxime groups is 1. The molecule has 21 heteroatoms. The van der Waals surface area contributed by atoms with Gasteiger partial charge >= 0.3 is 18.1 Å². The average Bonchev–Trinajstić information content (AvgIpc) is 3.57. The quantitative estimate of drug-likeness (QED) is 0.0414. The second kappa shape index (κ2) is 20.7. The van der Waals surface area contributed by atoms with Gasteiger partial charge < -0.3 is 45.2 Å². The molecule has 1 aliphatic heterocycles. The Labute approximate surface area is 378 Å². The number of halogens is 1. The first-order valence-corrected chi connectivity index (χ1v) is 21.1. The van der Waals surface area contributed by atoms with E-state index in [-0.39, 0.29) is 47.2 Å². The number of carbonyl (C=O) groups is 5. The molecule has 0 aliphatic carbocycles. The molecule has 5 amide bonds. The number of esters is 1. The summed E-state index contributed by atoms with van der Waals surface area (Å²) in [5.74, 6) is -2.33. The van der Waals surface area contributed by atoms with Crippen LogP contribution in [0.1, 0.15) is 77.9 Å². The highest BCUT2D eigenvalue weighted by Crippen LogP contribution is 2.30. The maximum Gasteiger partial charge on any atom is 0.413 e. The Kier molecular flexibility index (Phi) is 15.6. The van der Waals surface area contributed by atoms with Crippen molar-refractivity contribution in [1.29, 1.82) is 0 Å². The predicted molar refractivity (Wildman–Crippen MR) is 237 cm³/mol. The molecule has 0 saturated carbocycles. The van der Waals surface area contributed by atoms with Gasteiger partial charge in [-0.05, 0) is 66.5 Å². The first kappa shape index (κ1) is 48.4. The van der Waals surface area contributed by atoms with Crippen LogP contribution >= 0.6 is 22.9 Å². The zero-order valence-corrected chi connectivity index (χ0v) is 38.1. The van der Waals surface area contributed by atoms with E-state index in [1.807, 2.05) is 60.7 Å². The summed E-state index contributed by atoms with van der Waals surface area (Å²) in [4.78, 5) is 94.1. The molecule has 3 heterocycles. The number of nitrogens with zero attached hydrogens (tertiary/aromatic N) is 3. The molecule has 1 fully saturated rings. The number of anilines is 1. The number of rotatable bonds is 17. The van der Waals surface area contributed by atoms with Crippen molar-refractivity contribution in [2.75, 3.05) is 11.9 Å². The van der Waals surface area contributed by atoms with Crippen LogP contribution in [0, 0.1) is 0 Å². The Bertz CT molecular complexity index is 2410. The van der Waals surface area contributed by atoms with E-state index in [9.17, 15) is 28.8 Å². The first-order valence-electron chi connectivity index (χ1n) is 20.0. The molecular formula is C43H51ClN8O11S. The normalized spacial score (nSPS) is 15.1. The molecule has 0 spiro atoms. The molecular weight excluding hydrogens is 872 g/mol. The van der Waals surface area contributed by atoms with Crippen LogP contribution in [-0.4, -0.2) is 80.8 Å². The lowest BCUT2D eigenvalue weighted by Crippen LogP contribution is -2.72. The van der Waals surface area contributed by atoms with E-state index in [2.05, 4.69) is 36.7 Å². The Morgan fingerprint density at radius 3 is 2.11 bits per heavy atom. The van der Waals surface area contributed by atoms with Crippen LogP contribution in [0.5, 0.6) is 5.75 Å². The summed E-state index contributed by atoms with van der Waals surface area (Å²) in [5.41, 5.74) is -2.61. The van der Waals surface area contributed by atoms with Gasteiger partial charge in [0.1, 0.15) is 40.5 Å². The van der Waals surface area contributed by atoms with Gasteiger partial charge in [0.25, 0.3) is 5.91 Å². The minimum atomic E-state index is -1.71. The smallest absolute Gasteiger partial charge is 0.413 e. The molecule has 1 saturated heterocycles. The summed E-state index contributed by atoms with van der Waals surface area (Å²) in [5, 5.41) is 16.9. The molecule has 4 aromatic rings. The minimum Gasteiger partial charge on any atom is -0.483 e. The zero-order chi connectivity index (χ0) is 46.8. The fourth-order valence-electron chi connectivity index (χ4n) is 5.46. The number of pyridine rings is 1. The van der Waals surface area contributed by atoms with Crippen LogP contribution in [0.3, 0.4) is 0 Å². The molecule has 0 unspecified atom stereocenters. The van der Waals surface area contributed by atoms with Crippen molar-refractivity contribution < 1.29 is 47.9 Å². The van der Waals surface area contributed by atoms with Crippen molar-refractivity contribution in [3.05, 3.63) is 110 Å². The fourth-order valence-corrected chi connectivity index (χ4v) is 6.49. The van der Waals surface area contributed by atoms with E-state index in [1.54, 1.807) is 41.5 Å². The Morgan fingerprint density at radius 2 is 1.50 bits per heavy atom. The van der Waals surface area contributed by atoms with Crippen molar-refractivity contribution in [1.82, 2.24) is 31.0 Å². The Balaban J connectivity index is 1.26. The van der Waals surface area contributed by atoms with Crippen molar-refractivity contribution in [3.8, 4) is 5.75 Å². The highest BCUT2D eigenvalue weighted by molar-refractivity contribution is 7.20. The highest BCUT2D eigenvalue weighted by Gasteiger charge is 2.42. The molecule has 5 rings (SSSR count). The third kappa shape index (κ3) is 14.2. The SMILES string of the molecule is CC(C)(C)OC(=O)Nc1nc(/C(=N/OC(C)(C)C(=O)OC(C)(C)C)C(=O)N[C@@H]2C(=O)N[C@@H]2CNC(=O)NCc2cc(=O)c(OCc3ccccc3)cn2OCc2ccccc2)c(Cl)s1. The van der Waals surface area contributed by atoms with Crippen LogP contribution < -0.4 is 41.6 Å². The van der Waals surface area contributed by atoms with Gasteiger partial charge in [0.05, 0.1) is 24.5 Å². The molecule has 2 atom stereocenters. The lowest BCUT2D eigenvalue weighted by atomic mass is 9.98. The number of thiazole rings is 1. The molecule has 342 valence electrons. The van der Waals surface area contributed by atoms with Crippen molar-refractivity contribution >= 4 is 63.7 Å². The molecule has 19 nitrogen and oxygen atoms in total. The largest absolute Gasteiger partial charge is 0.483 e. The maximum absolute atomic E-state index is 13.9. The second-order valence-corrected chi connectivity index (χ2v) is 18.4. The first-order chi connectivity index (χ1) is 30.1. The van der Waals surface area contributed by atoms with Crippen LogP contribution in [0.4, 0.5) is 14.7 Å². The fraction of sp³-hybridized carbons (Fsp3) is 0.395. The summed E-state index contributed by atoms with van der Waals surface area (Å²) in [6, 6.07) is 17.3. The van der Waals surface area contributed by atoms with Gasteiger partial charge in [-0.15, -0.1) is 0 Å². The van der Waals surface area contributed by atoms with Crippen LogP contribution in [0.25, 0.3) is 0 Å². The van der Waals surface area contributed by atoms with Gasteiger partial charge in [0.15, 0.2) is 16.6 Å². The predicted octanol–water partition coefficient (Wildman–Crippen LogP) is 4.84. The summed E-state index contributed by atoms with van der Waals surface area (Å²) >= 11 is 7.29.